The molecule has 4 bridgehead atoms. The largest absolute Gasteiger partial charge is 0.329 e. The zero-order chi connectivity index (χ0) is 12.1. The summed E-state index contributed by atoms with van der Waals surface area (Å²) in [5, 5.41) is 0. The van der Waals surface area contributed by atoms with Gasteiger partial charge in [-0.25, -0.2) is 0 Å². The average molecular weight is 248 g/mol. The van der Waals surface area contributed by atoms with Crippen LogP contribution in [0.2, 0.25) is 0 Å². The summed E-state index contributed by atoms with van der Waals surface area (Å²) in [7, 11) is 0. The summed E-state index contributed by atoms with van der Waals surface area (Å²) >= 11 is 0. The number of rotatable bonds is 3. The van der Waals surface area contributed by atoms with Crippen LogP contribution < -0.4 is 5.73 Å². The van der Waals surface area contributed by atoms with Crippen molar-refractivity contribution in [3.63, 3.8) is 0 Å². The van der Waals surface area contributed by atoms with E-state index in [1.807, 2.05) is 0 Å². The summed E-state index contributed by atoms with van der Waals surface area (Å²) in [6, 6.07) is 2.55. The third-order valence-electron chi connectivity index (χ3n) is 6.50. The smallest absolute Gasteiger partial charge is 0.0252 e. The molecule has 0 amide bonds. The molecule has 2 heteroatoms. The van der Waals surface area contributed by atoms with Gasteiger partial charge in [0.15, 0.2) is 0 Å². The second-order valence-corrected chi connectivity index (χ2v) is 7.51. The van der Waals surface area contributed by atoms with Crippen LogP contribution in [0.15, 0.2) is 0 Å². The molecule has 1 atom stereocenters. The van der Waals surface area contributed by atoms with Gasteiger partial charge in [-0.1, -0.05) is 12.8 Å². The zero-order valence-corrected chi connectivity index (χ0v) is 11.6. The predicted molar refractivity (Wildman–Crippen MR) is 74.3 cm³/mol. The molecule has 2 N–H and O–H groups in total. The normalized spacial score (nSPS) is 45.8. The standard InChI is InChI=1S/C16H28N2/c17-10-16(13-3-1-2-4-13)18-14-6-11-5-12(8-14)9-15(18)7-11/h11-16H,1-10,17H2. The molecule has 5 rings (SSSR count). The lowest BCUT2D eigenvalue weighted by atomic mass is 9.63. The molecular weight excluding hydrogens is 220 g/mol. The molecule has 0 aromatic heterocycles. The molecule has 18 heavy (non-hydrogen) atoms. The van der Waals surface area contributed by atoms with Crippen molar-refractivity contribution in [3.8, 4) is 0 Å². The fraction of sp³-hybridized carbons (Fsp3) is 1.00. The first-order chi connectivity index (χ1) is 8.85. The molecule has 5 fully saturated rings. The maximum absolute atomic E-state index is 6.19. The summed E-state index contributed by atoms with van der Waals surface area (Å²) in [5.74, 6) is 3.07. The van der Waals surface area contributed by atoms with Crippen LogP contribution in [0.5, 0.6) is 0 Å². The van der Waals surface area contributed by atoms with E-state index in [-0.39, 0.29) is 0 Å². The van der Waals surface area contributed by atoms with Crippen molar-refractivity contribution in [1.82, 2.24) is 4.90 Å². The van der Waals surface area contributed by atoms with Gasteiger partial charge in [-0.3, -0.25) is 4.90 Å². The highest BCUT2D eigenvalue weighted by molar-refractivity contribution is 5.04. The molecule has 1 unspecified atom stereocenters. The van der Waals surface area contributed by atoms with Crippen LogP contribution in [0.1, 0.15) is 57.8 Å². The molecule has 5 aliphatic rings. The van der Waals surface area contributed by atoms with E-state index in [0.717, 1.165) is 42.4 Å². The Morgan fingerprint density at radius 1 is 0.889 bits per heavy atom. The fourth-order valence-corrected chi connectivity index (χ4v) is 6.01. The van der Waals surface area contributed by atoms with Gasteiger partial charge in [0.2, 0.25) is 0 Å². The molecule has 2 nitrogen and oxygen atoms in total. The van der Waals surface area contributed by atoms with Crippen LogP contribution in [0.3, 0.4) is 0 Å². The van der Waals surface area contributed by atoms with E-state index in [2.05, 4.69) is 4.90 Å². The van der Waals surface area contributed by atoms with Gasteiger partial charge in [-0.05, 0) is 62.7 Å². The topological polar surface area (TPSA) is 29.3 Å². The maximum Gasteiger partial charge on any atom is 0.0252 e. The lowest BCUT2D eigenvalue weighted by Gasteiger charge is -2.59. The van der Waals surface area contributed by atoms with Crippen LogP contribution in [-0.2, 0) is 0 Å². The number of nitrogens with zero attached hydrogens (tertiary/aromatic N) is 1. The second-order valence-electron chi connectivity index (χ2n) is 7.51. The van der Waals surface area contributed by atoms with Crippen molar-refractivity contribution in [3.05, 3.63) is 0 Å². The Kier molecular flexibility index (Phi) is 2.92. The van der Waals surface area contributed by atoms with Gasteiger partial charge in [0.1, 0.15) is 0 Å². The molecular formula is C16H28N2. The summed E-state index contributed by atoms with van der Waals surface area (Å²) in [5.41, 5.74) is 6.19. The molecule has 0 aromatic carbocycles. The Morgan fingerprint density at radius 3 is 1.94 bits per heavy atom. The molecule has 3 saturated carbocycles. The molecule has 3 aliphatic carbocycles. The van der Waals surface area contributed by atoms with E-state index in [0.29, 0.717) is 0 Å². The van der Waals surface area contributed by atoms with Gasteiger partial charge in [0, 0.05) is 24.7 Å². The number of hydrogen-bond acceptors (Lipinski definition) is 2. The Morgan fingerprint density at radius 2 is 1.44 bits per heavy atom. The van der Waals surface area contributed by atoms with Crippen LogP contribution in [0.4, 0.5) is 0 Å². The first kappa shape index (κ1) is 11.7. The van der Waals surface area contributed by atoms with Gasteiger partial charge in [0.25, 0.3) is 0 Å². The van der Waals surface area contributed by atoms with E-state index >= 15 is 0 Å². The van der Waals surface area contributed by atoms with Crippen LogP contribution >= 0.6 is 0 Å². The highest BCUT2D eigenvalue weighted by atomic mass is 15.3. The number of nitrogens with two attached hydrogens (primary N) is 1. The van der Waals surface area contributed by atoms with Crippen molar-refractivity contribution in [2.75, 3.05) is 6.54 Å². The minimum Gasteiger partial charge on any atom is -0.329 e. The van der Waals surface area contributed by atoms with Crippen molar-refractivity contribution in [2.24, 2.45) is 23.5 Å². The molecule has 2 aliphatic heterocycles. The third-order valence-corrected chi connectivity index (χ3v) is 6.50. The summed E-state index contributed by atoms with van der Waals surface area (Å²) in [6.07, 6.45) is 13.3. The van der Waals surface area contributed by atoms with E-state index < -0.39 is 0 Å². The lowest BCUT2D eigenvalue weighted by Crippen LogP contribution is -2.63. The first-order valence-electron chi connectivity index (χ1n) is 8.32. The maximum atomic E-state index is 6.19. The third kappa shape index (κ3) is 1.76. The quantitative estimate of drug-likeness (QED) is 0.832. The van der Waals surface area contributed by atoms with E-state index in [1.165, 1.54) is 51.4 Å². The summed E-state index contributed by atoms with van der Waals surface area (Å²) in [4.78, 5) is 2.93. The SMILES string of the molecule is NCC(C1CCCC1)N1C2CC3CC(C2)CC1C3. The molecule has 0 spiro atoms. The Bertz CT molecular complexity index is 280. The number of hydrogen-bond donors (Lipinski definition) is 1. The molecule has 2 heterocycles. The molecule has 2 saturated heterocycles. The van der Waals surface area contributed by atoms with Gasteiger partial charge in [0.05, 0.1) is 0 Å². The fourth-order valence-electron chi connectivity index (χ4n) is 6.01. The predicted octanol–water partition coefficient (Wildman–Crippen LogP) is 2.77. The van der Waals surface area contributed by atoms with Crippen LogP contribution in [0.25, 0.3) is 0 Å². The Balaban J connectivity index is 1.55. The van der Waals surface area contributed by atoms with Crippen molar-refractivity contribution in [2.45, 2.75) is 75.9 Å². The lowest BCUT2D eigenvalue weighted by molar-refractivity contribution is -0.0911. The van der Waals surface area contributed by atoms with Crippen LogP contribution in [0, 0.1) is 17.8 Å². The summed E-state index contributed by atoms with van der Waals surface area (Å²) < 4.78 is 0. The number of piperidine rings is 2. The van der Waals surface area contributed by atoms with E-state index in [1.54, 1.807) is 6.42 Å². The molecule has 0 radical (unpaired) electrons. The van der Waals surface area contributed by atoms with Gasteiger partial charge >= 0.3 is 0 Å². The van der Waals surface area contributed by atoms with Gasteiger partial charge < -0.3 is 5.73 Å². The highest BCUT2D eigenvalue weighted by Gasteiger charge is 2.49. The van der Waals surface area contributed by atoms with Crippen molar-refractivity contribution in [1.29, 1.82) is 0 Å². The minimum atomic E-state index is 0.725. The van der Waals surface area contributed by atoms with Crippen molar-refractivity contribution >= 4 is 0 Å². The van der Waals surface area contributed by atoms with Gasteiger partial charge in [-0.15, -0.1) is 0 Å². The molecule has 102 valence electrons. The second kappa shape index (κ2) is 4.49. The first-order valence-corrected chi connectivity index (χ1v) is 8.32. The monoisotopic (exact) mass is 248 g/mol. The Hall–Kier alpha value is -0.0800. The average Bonchev–Trinajstić information content (AvgIpc) is 2.86. The van der Waals surface area contributed by atoms with Crippen LogP contribution in [-0.4, -0.2) is 29.6 Å². The minimum absolute atomic E-state index is 0.725. The van der Waals surface area contributed by atoms with Crippen molar-refractivity contribution < 1.29 is 0 Å². The van der Waals surface area contributed by atoms with Gasteiger partial charge in [-0.2, -0.15) is 0 Å². The zero-order valence-electron chi connectivity index (χ0n) is 11.6. The Labute approximate surface area is 111 Å². The van der Waals surface area contributed by atoms with E-state index in [9.17, 15) is 0 Å². The highest BCUT2D eigenvalue weighted by Crippen LogP contribution is 2.51. The summed E-state index contributed by atoms with van der Waals surface area (Å²) in [6.45, 7) is 0.910. The van der Waals surface area contributed by atoms with E-state index in [4.69, 9.17) is 5.73 Å². The molecule has 0 aromatic rings.